The summed E-state index contributed by atoms with van der Waals surface area (Å²) in [5, 5.41) is 3.20. The molecule has 0 aromatic heterocycles. The molecule has 0 aliphatic rings. The Kier molecular flexibility index (Phi) is 6.14. The van der Waals surface area contributed by atoms with Crippen molar-refractivity contribution in [3.05, 3.63) is 33.8 Å². The first-order chi connectivity index (χ1) is 7.56. The van der Waals surface area contributed by atoms with Crippen molar-refractivity contribution in [1.29, 1.82) is 0 Å². The van der Waals surface area contributed by atoms with E-state index in [1.54, 1.807) is 0 Å². The SMILES string of the molecule is CCC(CBr)(CBr)Cc1ccc(Cl)c(Cl)c1. The van der Waals surface area contributed by atoms with Gasteiger partial charge in [-0.05, 0) is 36.0 Å². The molecule has 1 aromatic carbocycles. The third-order valence-electron chi connectivity index (χ3n) is 2.88. The number of alkyl halides is 2. The second-order valence-corrected chi connectivity index (χ2v) is 5.98. The first-order valence-electron chi connectivity index (χ1n) is 5.13. The van der Waals surface area contributed by atoms with Gasteiger partial charge in [0.1, 0.15) is 0 Å². The molecule has 90 valence electrons. The molecule has 1 aromatic rings. The molecule has 0 fully saturated rings. The fourth-order valence-electron chi connectivity index (χ4n) is 1.53. The fourth-order valence-corrected chi connectivity index (χ4v) is 3.97. The topological polar surface area (TPSA) is 0 Å². The van der Waals surface area contributed by atoms with Gasteiger partial charge in [0.2, 0.25) is 0 Å². The molecule has 0 saturated heterocycles. The van der Waals surface area contributed by atoms with Crippen LogP contribution in [0.2, 0.25) is 10.0 Å². The Labute approximate surface area is 124 Å². The van der Waals surface area contributed by atoms with Gasteiger partial charge in [-0.2, -0.15) is 0 Å². The average molecular weight is 389 g/mol. The Bertz CT molecular complexity index is 341. The summed E-state index contributed by atoms with van der Waals surface area (Å²) in [5.41, 5.74) is 1.48. The van der Waals surface area contributed by atoms with E-state index in [4.69, 9.17) is 23.2 Å². The molecule has 0 saturated carbocycles. The molecule has 1 rings (SSSR count). The normalized spacial score (nSPS) is 11.8. The number of benzene rings is 1. The van der Waals surface area contributed by atoms with Crippen LogP contribution in [0.3, 0.4) is 0 Å². The van der Waals surface area contributed by atoms with E-state index in [2.05, 4.69) is 38.8 Å². The van der Waals surface area contributed by atoms with Crippen LogP contribution in [0, 0.1) is 5.41 Å². The van der Waals surface area contributed by atoms with E-state index < -0.39 is 0 Å². The summed E-state index contributed by atoms with van der Waals surface area (Å²) < 4.78 is 0. The fraction of sp³-hybridized carbons (Fsp3) is 0.500. The molecule has 0 bridgehead atoms. The summed E-state index contributed by atoms with van der Waals surface area (Å²) in [4.78, 5) is 0. The Morgan fingerprint density at radius 1 is 1.12 bits per heavy atom. The maximum atomic E-state index is 6.02. The summed E-state index contributed by atoms with van der Waals surface area (Å²) in [7, 11) is 0. The summed E-state index contributed by atoms with van der Waals surface area (Å²) in [6.45, 7) is 2.21. The number of hydrogen-bond acceptors (Lipinski definition) is 0. The summed E-state index contributed by atoms with van der Waals surface area (Å²) in [5.74, 6) is 0. The Morgan fingerprint density at radius 2 is 1.75 bits per heavy atom. The molecule has 0 aliphatic heterocycles. The van der Waals surface area contributed by atoms with Gasteiger partial charge in [-0.15, -0.1) is 0 Å². The number of halogens is 4. The predicted molar refractivity (Wildman–Crippen MR) is 80.5 cm³/mol. The van der Waals surface area contributed by atoms with Crippen LogP contribution in [0.15, 0.2) is 18.2 Å². The minimum atomic E-state index is 0.247. The molecular weight excluding hydrogens is 375 g/mol. The van der Waals surface area contributed by atoms with Gasteiger partial charge < -0.3 is 0 Å². The van der Waals surface area contributed by atoms with Crippen LogP contribution < -0.4 is 0 Å². The zero-order valence-electron chi connectivity index (χ0n) is 9.07. The zero-order valence-corrected chi connectivity index (χ0v) is 13.8. The molecule has 0 unspecified atom stereocenters. The Morgan fingerprint density at radius 3 is 2.19 bits per heavy atom. The van der Waals surface area contributed by atoms with Crippen molar-refractivity contribution in [3.8, 4) is 0 Å². The molecule has 0 spiro atoms. The molecule has 0 atom stereocenters. The summed E-state index contributed by atoms with van der Waals surface area (Å²) in [6, 6.07) is 5.87. The Hall–Kier alpha value is 0.760. The van der Waals surface area contributed by atoms with E-state index in [0.29, 0.717) is 10.0 Å². The number of hydrogen-bond donors (Lipinski definition) is 0. The molecular formula is C12H14Br2Cl2. The second-order valence-electron chi connectivity index (χ2n) is 4.05. The van der Waals surface area contributed by atoms with Gasteiger partial charge in [0, 0.05) is 10.7 Å². The highest BCUT2D eigenvalue weighted by Crippen LogP contribution is 2.33. The zero-order chi connectivity index (χ0) is 12.2. The van der Waals surface area contributed by atoms with Crippen LogP contribution in [-0.2, 0) is 6.42 Å². The van der Waals surface area contributed by atoms with Gasteiger partial charge in [0.05, 0.1) is 10.0 Å². The van der Waals surface area contributed by atoms with Crippen LogP contribution in [-0.4, -0.2) is 10.7 Å². The van der Waals surface area contributed by atoms with Crippen LogP contribution in [0.5, 0.6) is 0 Å². The van der Waals surface area contributed by atoms with E-state index in [0.717, 1.165) is 23.5 Å². The molecule has 0 radical (unpaired) electrons. The van der Waals surface area contributed by atoms with Crippen molar-refractivity contribution in [2.24, 2.45) is 5.41 Å². The van der Waals surface area contributed by atoms with Gasteiger partial charge in [-0.3, -0.25) is 0 Å². The highest BCUT2D eigenvalue weighted by Gasteiger charge is 2.26. The first-order valence-corrected chi connectivity index (χ1v) is 8.12. The standard InChI is InChI=1S/C12H14Br2Cl2/c1-2-12(7-13,8-14)6-9-3-4-10(15)11(16)5-9/h3-5H,2,6-8H2,1H3. The van der Waals surface area contributed by atoms with Crippen molar-refractivity contribution in [2.75, 3.05) is 10.7 Å². The third kappa shape index (κ3) is 3.63. The molecule has 16 heavy (non-hydrogen) atoms. The van der Waals surface area contributed by atoms with Gasteiger partial charge >= 0.3 is 0 Å². The van der Waals surface area contributed by atoms with Crippen molar-refractivity contribution in [2.45, 2.75) is 19.8 Å². The smallest absolute Gasteiger partial charge is 0.0595 e. The first kappa shape index (κ1) is 14.8. The van der Waals surface area contributed by atoms with Crippen LogP contribution in [0.25, 0.3) is 0 Å². The molecule has 0 N–H and O–H groups in total. The second kappa shape index (κ2) is 6.63. The summed E-state index contributed by atoms with van der Waals surface area (Å²) in [6.07, 6.45) is 2.11. The lowest BCUT2D eigenvalue weighted by molar-refractivity contribution is 0.374. The maximum absolute atomic E-state index is 6.02. The molecule has 0 nitrogen and oxygen atoms in total. The van der Waals surface area contributed by atoms with Crippen LogP contribution >= 0.6 is 55.1 Å². The molecule has 4 heteroatoms. The molecule has 0 aliphatic carbocycles. The van der Waals surface area contributed by atoms with Crippen molar-refractivity contribution in [1.82, 2.24) is 0 Å². The Balaban J connectivity index is 2.89. The van der Waals surface area contributed by atoms with Gasteiger partial charge in [-0.1, -0.05) is 68.1 Å². The largest absolute Gasteiger partial charge is 0.0922 e. The average Bonchev–Trinajstić information content (AvgIpc) is 2.31. The van der Waals surface area contributed by atoms with Gasteiger partial charge in [0.15, 0.2) is 0 Å². The van der Waals surface area contributed by atoms with Crippen molar-refractivity contribution in [3.63, 3.8) is 0 Å². The minimum Gasteiger partial charge on any atom is -0.0922 e. The highest BCUT2D eigenvalue weighted by molar-refractivity contribution is 9.09. The van der Waals surface area contributed by atoms with E-state index in [1.807, 2.05) is 18.2 Å². The quantitative estimate of drug-likeness (QED) is 0.565. The lowest BCUT2D eigenvalue weighted by Crippen LogP contribution is -2.26. The van der Waals surface area contributed by atoms with E-state index in [9.17, 15) is 0 Å². The lowest BCUT2D eigenvalue weighted by atomic mass is 9.83. The van der Waals surface area contributed by atoms with Gasteiger partial charge in [-0.25, -0.2) is 0 Å². The van der Waals surface area contributed by atoms with Gasteiger partial charge in [0.25, 0.3) is 0 Å². The molecule has 0 heterocycles. The minimum absolute atomic E-state index is 0.247. The van der Waals surface area contributed by atoms with E-state index in [1.165, 1.54) is 5.56 Å². The molecule has 0 amide bonds. The predicted octanol–water partition coefficient (Wildman–Crippen LogP) is 5.72. The van der Waals surface area contributed by atoms with Crippen LogP contribution in [0.1, 0.15) is 18.9 Å². The highest BCUT2D eigenvalue weighted by atomic mass is 79.9. The van der Waals surface area contributed by atoms with Crippen molar-refractivity contribution >= 4 is 55.1 Å². The van der Waals surface area contributed by atoms with Crippen LogP contribution in [0.4, 0.5) is 0 Å². The monoisotopic (exact) mass is 386 g/mol. The van der Waals surface area contributed by atoms with Crippen molar-refractivity contribution < 1.29 is 0 Å². The third-order valence-corrected chi connectivity index (χ3v) is 6.00. The van der Waals surface area contributed by atoms with E-state index in [-0.39, 0.29) is 5.41 Å². The van der Waals surface area contributed by atoms with E-state index >= 15 is 0 Å². The summed E-state index contributed by atoms with van der Waals surface area (Å²) >= 11 is 19.1. The maximum Gasteiger partial charge on any atom is 0.0595 e. The lowest BCUT2D eigenvalue weighted by Gasteiger charge is -2.28. The number of rotatable bonds is 5.